The maximum Gasteiger partial charge on any atom is 0.257 e. The Balaban J connectivity index is 2.32. The van der Waals surface area contributed by atoms with E-state index in [1.54, 1.807) is 0 Å². The predicted octanol–water partition coefficient (Wildman–Crippen LogP) is 9.03. The summed E-state index contributed by atoms with van der Waals surface area (Å²) >= 11 is 0. The van der Waals surface area contributed by atoms with Crippen LogP contribution in [0.15, 0.2) is 12.4 Å². The molecule has 2 atom stereocenters. The Labute approximate surface area is 183 Å². The molecule has 29 heavy (non-hydrogen) atoms. The van der Waals surface area contributed by atoms with E-state index in [4.69, 9.17) is 0 Å². The molecule has 2 nitrogen and oxygen atoms in total. The molecule has 0 saturated heterocycles. The van der Waals surface area contributed by atoms with Gasteiger partial charge < -0.3 is 0 Å². The van der Waals surface area contributed by atoms with Crippen molar-refractivity contribution in [1.29, 1.82) is 0 Å². The zero-order valence-electron chi connectivity index (χ0n) is 20.5. The summed E-state index contributed by atoms with van der Waals surface area (Å²) in [5, 5.41) is 0. The fourth-order valence-electron chi connectivity index (χ4n) is 4.74. The minimum absolute atomic E-state index is 0.618. The van der Waals surface area contributed by atoms with E-state index in [1.165, 1.54) is 121 Å². The summed E-state index contributed by atoms with van der Waals surface area (Å²) in [6, 6.07) is 0.618. The Morgan fingerprint density at radius 3 is 1.69 bits per heavy atom. The molecule has 1 aromatic heterocycles. The number of hydrogen-bond acceptors (Lipinski definition) is 0. The van der Waals surface area contributed by atoms with Crippen LogP contribution in [0.4, 0.5) is 0 Å². The quantitative estimate of drug-likeness (QED) is 0.165. The third-order valence-corrected chi connectivity index (χ3v) is 6.62. The van der Waals surface area contributed by atoms with Gasteiger partial charge in [0.05, 0.1) is 12.0 Å². The molecular formula is C27H53N2+. The SMILES string of the molecule is CCCCCCCCCCCCCC(CCCCC)c1[nH]cc[n+]1C(C)CCC. The van der Waals surface area contributed by atoms with Crippen LogP contribution in [-0.4, -0.2) is 4.98 Å². The molecule has 0 bridgehead atoms. The number of unbranched alkanes of at least 4 members (excludes halogenated alkanes) is 12. The van der Waals surface area contributed by atoms with Crippen molar-refractivity contribution in [3.63, 3.8) is 0 Å². The molecule has 0 amide bonds. The van der Waals surface area contributed by atoms with E-state index in [-0.39, 0.29) is 0 Å². The maximum absolute atomic E-state index is 3.62. The number of aromatic amines is 1. The standard InChI is InChI=1S/C27H52N2/c1-5-8-10-11-12-13-14-15-16-17-19-22-26(21-18-9-6-2)27-28-23-24-29(27)25(4)20-7-3/h23-26H,5-22H2,1-4H3/p+1. The molecule has 0 aliphatic carbocycles. The summed E-state index contributed by atoms with van der Waals surface area (Å²) in [6.45, 7) is 9.30. The molecule has 0 aliphatic rings. The van der Waals surface area contributed by atoms with Gasteiger partial charge in [0.15, 0.2) is 0 Å². The first-order chi connectivity index (χ1) is 14.2. The fourth-order valence-corrected chi connectivity index (χ4v) is 4.74. The van der Waals surface area contributed by atoms with E-state index in [0.717, 1.165) is 5.92 Å². The first-order valence-electron chi connectivity index (χ1n) is 13.3. The molecule has 2 unspecified atom stereocenters. The van der Waals surface area contributed by atoms with Crippen molar-refractivity contribution in [3.8, 4) is 0 Å². The molecule has 0 radical (unpaired) electrons. The van der Waals surface area contributed by atoms with Gasteiger partial charge in [0.25, 0.3) is 5.82 Å². The minimum atomic E-state index is 0.618. The van der Waals surface area contributed by atoms with Crippen LogP contribution < -0.4 is 4.57 Å². The molecule has 0 saturated carbocycles. The van der Waals surface area contributed by atoms with Crippen molar-refractivity contribution in [2.45, 2.75) is 155 Å². The lowest BCUT2D eigenvalue weighted by Gasteiger charge is -2.17. The molecular weight excluding hydrogens is 352 g/mol. The number of aromatic nitrogens is 2. The van der Waals surface area contributed by atoms with Gasteiger partial charge in [-0.1, -0.05) is 117 Å². The summed E-state index contributed by atoms with van der Waals surface area (Å²) in [5.74, 6) is 2.21. The zero-order valence-corrected chi connectivity index (χ0v) is 20.5. The van der Waals surface area contributed by atoms with Crippen molar-refractivity contribution in [2.24, 2.45) is 0 Å². The van der Waals surface area contributed by atoms with E-state index < -0.39 is 0 Å². The fraction of sp³-hybridized carbons (Fsp3) is 0.889. The van der Waals surface area contributed by atoms with Gasteiger partial charge in [0.2, 0.25) is 0 Å². The largest absolute Gasteiger partial charge is 0.257 e. The Hall–Kier alpha value is -0.790. The van der Waals surface area contributed by atoms with Crippen LogP contribution in [0.2, 0.25) is 0 Å². The van der Waals surface area contributed by atoms with Gasteiger partial charge in [-0.15, -0.1) is 0 Å². The van der Waals surface area contributed by atoms with Gasteiger partial charge in [-0.3, -0.25) is 0 Å². The number of hydrogen-bond donors (Lipinski definition) is 1. The van der Waals surface area contributed by atoms with E-state index in [2.05, 4.69) is 49.6 Å². The first kappa shape index (κ1) is 26.2. The van der Waals surface area contributed by atoms with Gasteiger partial charge in [-0.05, 0) is 26.2 Å². The highest BCUT2D eigenvalue weighted by molar-refractivity contribution is 4.90. The number of nitrogens with one attached hydrogen (secondary N) is 1. The van der Waals surface area contributed by atoms with Crippen LogP contribution in [0.25, 0.3) is 0 Å². The average molecular weight is 406 g/mol. The van der Waals surface area contributed by atoms with E-state index in [9.17, 15) is 0 Å². The van der Waals surface area contributed by atoms with Crippen LogP contribution >= 0.6 is 0 Å². The van der Waals surface area contributed by atoms with E-state index in [1.807, 2.05) is 0 Å². The highest BCUT2D eigenvalue weighted by atomic mass is 15.1. The number of rotatable bonds is 20. The van der Waals surface area contributed by atoms with E-state index in [0.29, 0.717) is 6.04 Å². The Morgan fingerprint density at radius 1 is 0.655 bits per heavy atom. The molecule has 1 heterocycles. The predicted molar refractivity (Wildman–Crippen MR) is 129 cm³/mol. The molecule has 1 rings (SSSR count). The smallest absolute Gasteiger partial charge is 0.247 e. The van der Waals surface area contributed by atoms with Crippen molar-refractivity contribution >= 4 is 0 Å². The second-order valence-corrected chi connectivity index (χ2v) is 9.41. The van der Waals surface area contributed by atoms with Crippen molar-refractivity contribution in [3.05, 3.63) is 18.2 Å². The summed E-state index contributed by atoms with van der Waals surface area (Å²) < 4.78 is 2.54. The summed E-state index contributed by atoms with van der Waals surface area (Å²) in [7, 11) is 0. The van der Waals surface area contributed by atoms with E-state index >= 15 is 0 Å². The topological polar surface area (TPSA) is 19.7 Å². The lowest BCUT2D eigenvalue weighted by atomic mass is 9.93. The summed E-state index contributed by atoms with van der Waals surface area (Å²) in [4.78, 5) is 3.62. The Morgan fingerprint density at radius 2 is 1.14 bits per heavy atom. The van der Waals surface area contributed by atoms with Gasteiger partial charge in [0.1, 0.15) is 12.4 Å². The number of nitrogens with zero attached hydrogens (tertiary/aromatic N) is 1. The lowest BCUT2D eigenvalue weighted by molar-refractivity contribution is -0.727. The normalized spacial score (nSPS) is 13.7. The highest BCUT2D eigenvalue weighted by Crippen LogP contribution is 2.26. The number of imidazole rings is 1. The highest BCUT2D eigenvalue weighted by Gasteiger charge is 2.24. The molecule has 0 spiro atoms. The van der Waals surface area contributed by atoms with Crippen LogP contribution in [0.1, 0.15) is 161 Å². The lowest BCUT2D eigenvalue weighted by Crippen LogP contribution is -2.41. The molecule has 1 aromatic rings. The van der Waals surface area contributed by atoms with Gasteiger partial charge in [-0.25, -0.2) is 9.55 Å². The summed E-state index contributed by atoms with van der Waals surface area (Å²) in [5.41, 5.74) is 0. The van der Waals surface area contributed by atoms with Gasteiger partial charge >= 0.3 is 0 Å². The maximum atomic E-state index is 3.62. The molecule has 1 N–H and O–H groups in total. The Kier molecular flexibility index (Phi) is 16.3. The molecule has 170 valence electrons. The van der Waals surface area contributed by atoms with Crippen molar-refractivity contribution in [2.75, 3.05) is 0 Å². The summed E-state index contributed by atoms with van der Waals surface area (Å²) in [6.07, 6.45) is 29.5. The number of H-pyrrole nitrogens is 1. The third kappa shape index (κ3) is 11.8. The van der Waals surface area contributed by atoms with Crippen LogP contribution in [0.3, 0.4) is 0 Å². The first-order valence-corrected chi connectivity index (χ1v) is 13.3. The second-order valence-electron chi connectivity index (χ2n) is 9.41. The van der Waals surface area contributed by atoms with Crippen LogP contribution in [-0.2, 0) is 0 Å². The second kappa shape index (κ2) is 18.0. The van der Waals surface area contributed by atoms with Gasteiger partial charge in [-0.2, -0.15) is 0 Å². The Bertz CT molecular complexity index is 465. The van der Waals surface area contributed by atoms with Crippen molar-refractivity contribution in [1.82, 2.24) is 4.98 Å². The molecule has 2 heteroatoms. The van der Waals surface area contributed by atoms with Crippen LogP contribution in [0.5, 0.6) is 0 Å². The van der Waals surface area contributed by atoms with Gasteiger partial charge in [0, 0.05) is 0 Å². The molecule has 0 fully saturated rings. The zero-order chi connectivity index (χ0) is 21.2. The molecule has 0 aliphatic heterocycles. The minimum Gasteiger partial charge on any atom is -0.247 e. The van der Waals surface area contributed by atoms with Crippen molar-refractivity contribution < 1.29 is 4.57 Å². The third-order valence-electron chi connectivity index (χ3n) is 6.62. The molecule has 0 aromatic carbocycles. The monoisotopic (exact) mass is 405 g/mol. The average Bonchev–Trinajstić information content (AvgIpc) is 3.21. The van der Waals surface area contributed by atoms with Crippen LogP contribution in [0, 0.1) is 0 Å².